The Kier molecular flexibility index (Phi) is 5.38. The molecule has 6 heteroatoms. The lowest BCUT2D eigenvalue weighted by atomic mass is 10.1. The van der Waals surface area contributed by atoms with E-state index in [9.17, 15) is 4.79 Å². The number of carbonyl (C=O) groups excluding carboxylic acids is 1. The van der Waals surface area contributed by atoms with Crippen LogP contribution in [-0.4, -0.2) is 21.1 Å². The second-order valence-corrected chi connectivity index (χ2v) is 6.93. The number of nitrogens with one attached hydrogen (secondary N) is 1. The number of aromatic nitrogens is 2. The maximum absolute atomic E-state index is 12.8. The molecule has 1 aromatic carbocycles. The van der Waals surface area contributed by atoms with Crippen LogP contribution in [0, 0.1) is 6.92 Å². The molecule has 5 nitrogen and oxygen atoms in total. The number of anilines is 1. The number of fused-ring (bicyclic) bond motifs is 1. The second kappa shape index (κ2) is 7.70. The van der Waals surface area contributed by atoms with Crippen LogP contribution in [0.25, 0.3) is 11.2 Å². The van der Waals surface area contributed by atoms with E-state index in [2.05, 4.69) is 22.2 Å². The van der Waals surface area contributed by atoms with Gasteiger partial charge in [-0.2, -0.15) is 4.98 Å². The van der Waals surface area contributed by atoms with Gasteiger partial charge < -0.3 is 9.73 Å². The van der Waals surface area contributed by atoms with Gasteiger partial charge in [-0.1, -0.05) is 43.8 Å². The number of oxazole rings is 1. The van der Waals surface area contributed by atoms with Crippen LogP contribution >= 0.6 is 11.8 Å². The number of hydrogen-bond acceptors (Lipinski definition) is 5. The first kappa shape index (κ1) is 17.5. The summed E-state index contributed by atoms with van der Waals surface area (Å²) in [6.07, 6.45) is 3.22. The maximum Gasteiger partial charge on any atom is 0.259 e. The molecule has 0 radical (unpaired) electrons. The van der Waals surface area contributed by atoms with Gasteiger partial charge in [0, 0.05) is 11.9 Å². The van der Waals surface area contributed by atoms with E-state index in [0.717, 1.165) is 23.2 Å². The molecule has 0 aliphatic heterocycles. The summed E-state index contributed by atoms with van der Waals surface area (Å²) in [6, 6.07) is 9.69. The Morgan fingerprint density at radius 2 is 2.12 bits per heavy atom. The highest BCUT2D eigenvalue weighted by molar-refractivity contribution is 8.00. The van der Waals surface area contributed by atoms with Gasteiger partial charge in [0.1, 0.15) is 0 Å². The number of thioether (sulfide) groups is 1. The maximum atomic E-state index is 12.8. The first-order chi connectivity index (χ1) is 12.1. The van der Waals surface area contributed by atoms with Crippen molar-refractivity contribution < 1.29 is 9.21 Å². The SMILES string of the molecule is CCc1cccc(C)c1NC(=O)[C@@H](CC)Sc1nc2ncccc2o1. The number of para-hydroxylation sites is 1. The number of nitrogens with zero attached hydrogens (tertiary/aromatic N) is 2. The second-order valence-electron chi connectivity index (χ2n) is 5.77. The van der Waals surface area contributed by atoms with Gasteiger partial charge in [0.05, 0.1) is 5.25 Å². The van der Waals surface area contributed by atoms with Crippen molar-refractivity contribution in [1.82, 2.24) is 9.97 Å². The van der Waals surface area contributed by atoms with Gasteiger partial charge in [-0.25, -0.2) is 4.98 Å². The summed E-state index contributed by atoms with van der Waals surface area (Å²) in [4.78, 5) is 21.3. The fourth-order valence-corrected chi connectivity index (χ4v) is 3.50. The van der Waals surface area contributed by atoms with Gasteiger partial charge in [0.2, 0.25) is 5.91 Å². The zero-order chi connectivity index (χ0) is 17.8. The molecule has 0 bridgehead atoms. The molecule has 0 spiro atoms. The number of amides is 1. The Morgan fingerprint density at radius 1 is 1.28 bits per heavy atom. The van der Waals surface area contributed by atoms with Crippen molar-refractivity contribution in [2.75, 3.05) is 5.32 Å². The minimum absolute atomic E-state index is 0.0354. The van der Waals surface area contributed by atoms with Gasteiger partial charge in [0.25, 0.3) is 5.22 Å². The highest BCUT2D eigenvalue weighted by atomic mass is 32.2. The third-order valence-electron chi connectivity index (χ3n) is 4.04. The van der Waals surface area contributed by atoms with E-state index in [4.69, 9.17) is 4.42 Å². The van der Waals surface area contributed by atoms with Crippen LogP contribution in [0.3, 0.4) is 0 Å². The topological polar surface area (TPSA) is 68.0 Å². The smallest absolute Gasteiger partial charge is 0.259 e. The predicted octanol–water partition coefficient (Wildman–Crippen LogP) is 4.60. The molecular weight excluding hydrogens is 334 g/mol. The zero-order valence-corrected chi connectivity index (χ0v) is 15.4. The quantitative estimate of drug-likeness (QED) is 0.654. The van der Waals surface area contributed by atoms with E-state index >= 15 is 0 Å². The Hall–Kier alpha value is -2.34. The molecule has 0 aliphatic rings. The number of rotatable bonds is 6. The molecule has 1 amide bonds. The molecule has 0 saturated carbocycles. The third kappa shape index (κ3) is 3.85. The molecule has 1 atom stereocenters. The van der Waals surface area contributed by atoms with Crippen LogP contribution in [0.15, 0.2) is 46.2 Å². The molecule has 0 unspecified atom stereocenters. The Morgan fingerprint density at radius 3 is 2.84 bits per heavy atom. The number of pyridine rings is 1. The number of carbonyl (C=O) groups is 1. The standard InChI is InChI=1S/C19H21N3O2S/c1-4-13-9-6-8-12(3)16(13)21-18(23)15(5-2)25-19-22-17-14(24-19)10-7-11-20-17/h6-11,15H,4-5H2,1-3H3,(H,21,23)/t15-/m1/s1. The molecule has 130 valence electrons. The van der Waals surface area contributed by atoms with Crippen molar-refractivity contribution in [2.45, 2.75) is 44.1 Å². The van der Waals surface area contributed by atoms with Crippen molar-refractivity contribution in [1.29, 1.82) is 0 Å². The van der Waals surface area contributed by atoms with Crippen LogP contribution in [0.5, 0.6) is 0 Å². The Labute approximate surface area is 151 Å². The first-order valence-corrected chi connectivity index (χ1v) is 9.27. The minimum atomic E-state index is -0.280. The summed E-state index contributed by atoms with van der Waals surface area (Å²) < 4.78 is 5.68. The zero-order valence-electron chi connectivity index (χ0n) is 14.6. The molecule has 25 heavy (non-hydrogen) atoms. The molecule has 1 N–H and O–H groups in total. The van der Waals surface area contributed by atoms with Crippen molar-refractivity contribution in [2.24, 2.45) is 0 Å². The van der Waals surface area contributed by atoms with Crippen molar-refractivity contribution in [3.05, 3.63) is 47.7 Å². The van der Waals surface area contributed by atoms with E-state index < -0.39 is 0 Å². The summed E-state index contributed by atoms with van der Waals surface area (Å²) in [6.45, 7) is 6.08. The molecule has 2 aromatic heterocycles. The largest absolute Gasteiger partial charge is 0.430 e. The van der Waals surface area contributed by atoms with Crippen LogP contribution in [-0.2, 0) is 11.2 Å². The fourth-order valence-electron chi connectivity index (χ4n) is 2.65. The highest BCUT2D eigenvalue weighted by Crippen LogP contribution is 2.29. The van der Waals surface area contributed by atoms with Crippen LogP contribution < -0.4 is 5.32 Å². The van der Waals surface area contributed by atoms with Gasteiger partial charge in [-0.05, 0) is 43.0 Å². The van der Waals surface area contributed by atoms with Gasteiger partial charge in [0.15, 0.2) is 11.2 Å². The summed E-state index contributed by atoms with van der Waals surface area (Å²) in [5.74, 6) is -0.0354. The number of aryl methyl sites for hydroxylation is 2. The predicted molar refractivity (Wildman–Crippen MR) is 101 cm³/mol. The van der Waals surface area contributed by atoms with E-state index in [1.165, 1.54) is 11.8 Å². The van der Waals surface area contributed by atoms with Crippen LogP contribution in [0.2, 0.25) is 0 Å². The Bertz CT molecular complexity index is 858. The molecule has 3 aromatic rings. The average molecular weight is 355 g/mol. The summed E-state index contributed by atoms with van der Waals surface area (Å²) in [5.41, 5.74) is 4.31. The van der Waals surface area contributed by atoms with Gasteiger partial charge in [-0.15, -0.1) is 0 Å². The van der Waals surface area contributed by atoms with Crippen molar-refractivity contribution in [3.8, 4) is 0 Å². The summed E-state index contributed by atoms with van der Waals surface area (Å²) in [5, 5.41) is 3.28. The van der Waals surface area contributed by atoms with Crippen molar-refractivity contribution >= 4 is 34.6 Å². The summed E-state index contributed by atoms with van der Waals surface area (Å²) >= 11 is 1.33. The lowest BCUT2D eigenvalue weighted by molar-refractivity contribution is -0.115. The van der Waals surface area contributed by atoms with E-state index in [-0.39, 0.29) is 11.2 Å². The highest BCUT2D eigenvalue weighted by Gasteiger charge is 2.22. The van der Waals surface area contributed by atoms with Crippen molar-refractivity contribution in [3.63, 3.8) is 0 Å². The van der Waals surface area contributed by atoms with Gasteiger partial charge in [-0.3, -0.25) is 4.79 Å². The summed E-state index contributed by atoms with van der Waals surface area (Å²) in [7, 11) is 0. The molecule has 2 heterocycles. The lowest BCUT2D eigenvalue weighted by Crippen LogP contribution is -2.25. The number of benzene rings is 1. The van der Waals surface area contributed by atoms with E-state index in [1.54, 1.807) is 12.3 Å². The molecule has 0 saturated heterocycles. The van der Waals surface area contributed by atoms with Gasteiger partial charge >= 0.3 is 0 Å². The monoisotopic (exact) mass is 355 g/mol. The normalized spacial score (nSPS) is 12.3. The van der Waals surface area contributed by atoms with Crippen LogP contribution in [0.4, 0.5) is 5.69 Å². The molecular formula is C19H21N3O2S. The molecule has 0 aliphatic carbocycles. The van der Waals surface area contributed by atoms with E-state index in [1.807, 2.05) is 38.1 Å². The van der Waals surface area contributed by atoms with Crippen LogP contribution in [0.1, 0.15) is 31.4 Å². The minimum Gasteiger partial charge on any atom is -0.430 e. The molecule has 0 fully saturated rings. The average Bonchev–Trinajstić information content (AvgIpc) is 3.03. The molecule has 3 rings (SSSR count). The Balaban J connectivity index is 1.77. The lowest BCUT2D eigenvalue weighted by Gasteiger charge is -2.16. The number of hydrogen-bond donors (Lipinski definition) is 1. The van der Waals surface area contributed by atoms with E-state index in [0.29, 0.717) is 22.9 Å². The first-order valence-electron chi connectivity index (χ1n) is 8.40. The fraction of sp³-hybridized carbons (Fsp3) is 0.316. The third-order valence-corrected chi connectivity index (χ3v) is 5.25.